The maximum atomic E-state index is 13.8. The Morgan fingerprint density at radius 3 is 2.32 bits per heavy atom. The van der Waals surface area contributed by atoms with Crippen LogP contribution in [0.4, 0.5) is 10.5 Å². The second-order valence-corrected chi connectivity index (χ2v) is 16.2. The molecule has 8 nitrogen and oxygen atoms in total. The summed E-state index contributed by atoms with van der Waals surface area (Å²) in [4.78, 5) is 29.9. The highest BCUT2D eigenvalue weighted by atomic mass is 28.4. The van der Waals surface area contributed by atoms with E-state index in [1.54, 1.807) is 17.0 Å². The van der Waals surface area contributed by atoms with Crippen LogP contribution in [-0.2, 0) is 4.74 Å². The quantitative estimate of drug-likeness (QED) is 0.334. The molecule has 9 heteroatoms. The number of rotatable bonds is 8. The number of carbonyl (C=O) groups excluding carboxylic acids is 2. The summed E-state index contributed by atoms with van der Waals surface area (Å²) in [5.41, 5.74) is 2.27. The monoisotopic (exact) mass is 530 g/mol. The normalized spacial score (nSPS) is 20.1. The van der Waals surface area contributed by atoms with Crippen LogP contribution in [0.1, 0.15) is 64.7 Å². The number of aliphatic hydroxyl groups excluding tert-OH is 1. The van der Waals surface area contributed by atoms with E-state index in [1.807, 2.05) is 0 Å². The van der Waals surface area contributed by atoms with Gasteiger partial charge in [-0.25, -0.2) is 9.69 Å². The van der Waals surface area contributed by atoms with Crippen molar-refractivity contribution in [3.05, 3.63) is 42.5 Å². The van der Waals surface area contributed by atoms with Crippen molar-refractivity contribution in [2.24, 2.45) is 0 Å². The van der Waals surface area contributed by atoms with Crippen molar-refractivity contribution >= 4 is 26.0 Å². The van der Waals surface area contributed by atoms with E-state index in [2.05, 4.69) is 54.7 Å². The number of nitrogens with zero attached hydrogens (tertiary/aromatic N) is 2. The first-order valence-electron chi connectivity index (χ1n) is 13.0. The smallest absolute Gasteiger partial charge is 0.416 e. The Labute approximate surface area is 222 Å². The Hall–Kier alpha value is -2.78. The highest BCUT2D eigenvalue weighted by molar-refractivity contribution is 6.78. The van der Waals surface area contributed by atoms with Gasteiger partial charge in [0.2, 0.25) is 0 Å². The van der Waals surface area contributed by atoms with Gasteiger partial charge in [-0.1, -0.05) is 66.3 Å². The molecule has 0 unspecified atom stereocenters. The van der Waals surface area contributed by atoms with Gasteiger partial charge in [-0.15, -0.1) is 0 Å². The lowest BCUT2D eigenvalue weighted by atomic mass is 9.96. The molecular formula is C28H42N2O6Si. The van der Waals surface area contributed by atoms with E-state index in [1.165, 1.54) is 13.2 Å². The SMILES string of the molecule is C=CCOC(=O)N1c2cc(O[Si](C(C)C)(C(C)C)C(C)C)c(OC)cc2C(=O)N2CCC(=C)C[C@H]2[C@@H]1O. The molecule has 0 spiro atoms. The maximum Gasteiger partial charge on any atom is 0.416 e. The Bertz CT molecular complexity index is 1030. The second kappa shape index (κ2) is 11.3. The first kappa shape index (κ1) is 28.8. The van der Waals surface area contributed by atoms with Gasteiger partial charge in [0.1, 0.15) is 12.4 Å². The van der Waals surface area contributed by atoms with Gasteiger partial charge in [-0.05, 0) is 35.5 Å². The van der Waals surface area contributed by atoms with E-state index in [9.17, 15) is 14.7 Å². The average molecular weight is 531 g/mol. The lowest BCUT2D eigenvalue weighted by Crippen LogP contribution is -2.55. The van der Waals surface area contributed by atoms with E-state index in [0.29, 0.717) is 30.9 Å². The highest BCUT2D eigenvalue weighted by Crippen LogP contribution is 2.47. The van der Waals surface area contributed by atoms with E-state index in [-0.39, 0.29) is 40.4 Å². The molecule has 1 aromatic carbocycles. The zero-order valence-electron chi connectivity index (χ0n) is 23.2. The van der Waals surface area contributed by atoms with Gasteiger partial charge >= 0.3 is 6.09 Å². The molecule has 0 bridgehead atoms. The van der Waals surface area contributed by atoms with Crippen molar-refractivity contribution < 1.29 is 28.6 Å². The molecule has 204 valence electrons. The standard InChI is InChI=1S/C28H42N2O6Si/c1-10-13-35-28(33)30-22-16-25(36-37(17(2)3,18(4)5)19(6)7)24(34-9)15-21(22)26(31)29-12-11-20(8)14-23(29)27(30)32/h10,15-19,23,27,32H,1,8,11-14H2,2-7,9H3/t23-,27-/m0/s1. The van der Waals surface area contributed by atoms with Crippen molar-refractivity contribution in [2.45, 2.75) is 83.3 Å². The minimum Gasteiger partial charge on any atom is -0.540 e. The number of methoxy groups -OCH3 is 1. The van der Waals surface area contributed by atoms with Gasteiger partial charge in [-0.3, -0.25) is 4.79 Å². The van der Waals surface area contributed by atoms with Crippen LogP contribution < -0.4 is 14.1 Å². The number of hydrogen-bond donors (Lipinski definition) is 1. The van der Waals surface area contributed by atoms with Crippen molar-refractivity contribution in [1.82, 2.24) is 4.90 Å². The third-order valence-corrected chi connectivity index (χ3v) is 13.7. The molecule has 3 rings (SSSR count). The third-order valence-electron chi connectivity index (χ3n) is 7.76. The van der Waals surface area contributed by atoms with Crippen LogP contribution in [0.2, 0.25) is 16.6 Å². The molecule has 0 aromatic heterocycles. The molecule has 0 saturated carbocycles. The van der Waals surface area contributed by atoms with Gasteiger partial charge in [0.05, 0.1) is 24.4 Å². The second-order valence-electron chi connectivity index (χ2n) is 10.9. The molecule has 2 aliphatic heterocycles. The van der Waals surface area contributed by atoms with Gasteiger partial charge < -0.3 is 23.9 Å². The predicted molar refractivity (Wildman–Crippen MR) is 148 cm³/mol. The highest BCUT2D eigenvalue weighted by Gasteiger charge is 2.49. The summed E-state index contributed by atoms with van der Waals surface area (Å²) in [6, 6.07) is 2.63. The number of fused-ring (bicyclic) bond motifs is 2. The fourth-order valence-corrected chi connectivity index (χ4v) is 11.3. The topological polar surface area (TPSA) is 88.5 Å². The Morgan fingerprint density at radius 2 is 1.78 bits per heavy atom. The molecule has 2 heterocycles. The predicted octanol–water partition coefficient (Wildman–Crippen LogP) is 5.87. The molecule has 1 saturated heterocycles. The molecule has 0 radical (unpaired) electrons. The first-order valence-corrected chi connectivity index (χ1v) is 15.2. The number of aliphatic hydroxyl groups is 1. The summed E-state index contributed by atoms with van der Waals surface area (Å²) in [7, 11) is -0.876. The number of hydrogen-bond acceptors (Lipinski definition) is 6. The van der Waals surface area contributed by atoms with E-state index >= 15 is 0 Å². The van der Waals surface area contributed by atoms with Crippen molar-refractivity contribution in [3.8, 4) is 11.5 Å². The summed E-state index contributed by atoms with van der Waals surface area (Å²) in [6.45, 7) is 21.1. The van der Waals surface area contributed by atoms with Gasteiger partial charge in [0, 0.05) is 12.6 Å². The molecule has 37 heavy (non-hydrogen) atoms. The molecule has 2 amide bonds. The van der Waals surface area contributed by atoms with Crippen molar-refractivity contribution in [2.75, 3.05) is 25.2 Å². The lowest BCUT2D eigenvalue weighted by molar-refractivity contribution is 0.0309. The number of amides is 2. The molecule has 1 aromatic rings. The van der Waals surface area contributed by atoms with E-state index < -0.39 is 26.7 Å². The largest absolute Gasteiger partial charge is 0.540 e. The third kappa shape index (κ3) is 5.16. The number of ether oxygens (including phenoxy) is 2. The fourth-order valence-electron chi connectivity index (χ4n) is 6.05. The number of anilines is 1. The van der Waals surface area contributed by atoms with Crippen LogP contribution in [0.25, 0.3) is 0 Å². The Kier molecular flexibility index (Phi) is 8.80. The zero-order valence-corrected chi connectivity index (χ0v) is 24.2. The van der Waals surface area contributed by atoms with Crippen LogP contribution >= 0.6 is 0 Å². The summed E-state index contributed by atoms with van der Waals surface area (Å²) < 4.78 is 18.0. The van der Waals surface area contributed by atoms with Gasteiger partial charge in [0.15, 0.2) is 12.0 Å². The first-order chi connectivity index (χ1) is 17.4. The van der Waals surface area contributed by atoms with Crippen LogP contribution in [0, 0.1) is 0 Å². The number of benzene rings is 1. The van der Waals surface area contributed by atoms with Crippen molar-refractivity contribution in [1.29, 1.82) is 0 Å². The Morgan fingerprint density at radius 1 is 1.16 bits per heavy atom. The summed E-state index contributed by atoms with van der Waals surface area (Å²) in [5.74, 6) is 0.588. The van der Waals surface area contributed by atoms with Gasteiger partial charge in [0.25, 0.3) is 14.2 Å². The summed E-state index contributed by atoms with van der Waals surface area (Å²) in [5, 5.41) is 11.5. The van der Waals surface area contributed by atoms with Crippen LogP contribution in [-0.4, -0.2) is 62.9 Å². The molecular weight excluding hydrogens is 488 g/mol. The van der Waals surface area contributed by atoms with Crippen LogP contribution in [0.5, 0.6) is 11.5 Å². The van der Waals surface area contributed by atoms with Crippen LogP contribution in [0.3, 0.4) is 0 Å². The maximum absolute atomic E-state index is 13.8. The molecule has 2 aliphatic rings. The summed E-state index contributed by atoms with van der Waals surface area (Å²) >= 11 is 0. The molecule has 2 atom stereocenters. The number of piperidine rings is 1. The van der Waals surface area contributed by atoms with Crippen LogP contribution in [0.15, 0.2) is 36.9 Å². The molecule has 1 fully saturated rings. The van der Waals surface area contributed by atoms with E-state index in [4.69, 9.17) is 13.9 Å². The zero-order chi connectivity index (χ0) is 27.7. The average Bonchev–Trinajstić information content (AvgIpc) is 2.92. The van der Waals surface area contributed by atoms with Crippen molar-refractivity contribution in [3.63, 3.8) is 0 Å². The van der Waals surface area contributed by atoms with E-state index in [0.717, 1.165) is 10.5 Å². The fraction of sp³-hybridized carbons (Fsp3) is 0.571. The minimum absolute atomic E-state index is 0.0317. The summed E-state index contributed by atoms with van der Waals surface area (Å²) in [6.07, 6.45) is 0.379. The molecule has 0 aliphatic carbocycles. The van der Waals surface area contributed by atoms with Gasteiger partial charge in [-0.2, -0.15) is 0 Å². The number of carbonyl (C=O) groups is 2. The minimum atomic E-state index is -2.42. The lowest BCUT2D eigenvalue weighted by Gasteiger charge is -2.42. The molecule has 1 N–H and O–H groups in total. The Balaban J connectivity index is 2.25.